The summed E-state index contributed by atoms with van der Waals surface area (Å²) in [7, 11) is 0. The Balaban J connectivity index is 2.43. The predicted octanol–water partition coefficient (Wildman–Crippen LogP) is 2.08. The van der Waals surface area contributed by atoms with Crippen molar-refractivity contribution >= 4 is 11.8 Å². The molecule has 1 aliphatic carbocycles. The Labute approximate surface area is 115 Å². The fourth-order valence-electron chi connectivity index (χ4n) is 3.17. The second kappa shape index (κ2) is 4.50. The number of piperazine rings is 1. The average molecular weight is 266 g/mol. The van der Waals surface area contributed by atoms with E-state index < -0.39 is 5.54 Å². The molecule has 0 spiro atoms. The van der Waals surface area contributed by atoms with Crippen LogP contribution in [-0.2, 0) is 9.59 Å². The molecule has 0 bridgehead atoms. The van der Waals surface area contributed by atoms with Crippen molar-refractivity contribution < 1.29 is 9.59 Å². The van der Waals surface area contributed by atoms with Crippen molar-refractivity contribution in [3.63, 3.8) is 0 Å². The van der Waals surface area contributed by atoms with Crippen LogP contribution in [0.2, 0.25) is 0 Å². The highest BCUT2D eigenvalue weighted by Crippen LogP contribution is 2.46. The summed E-state index contributed by atoms with van der Waals surface area (Å²) in [6.45, 7) is 10.1. The molecule has 2 rings (SSSR count). The number of carbonyl (C=O) groups is 2. The third-order valence-corrected chi connectivity index (χ3v) is 4.93. The minimum absolute atomic E-state index is 0.0198. The molecule has 2 fully saturated rings. The molecular weight excluding hydrogens is 240 g/mol. The Hall–Kier alpha value is -1.06. The van der Waals surface area contributed by atoms with Crippen LogP contribution in [0, 0.1) is 5.92 Å². The monoisotopic (exact) mass is 266 g/mol. The van der Waals surface area contributed by atoms with Crippen LogP contribution in [-0.4, -0.2) is 33.8 Å². The van der Waals surface area contributed by atoms with Gasteiger partial charge in [-0.1, -0.05) is 27.7 Å². The van der Waals surface area contributed by atoms with Gasteiger partial charge in [0.15, 0.2) is 0 Å². The van der Waals surface area contributed by atoms with Crippen molar-refractivity contribution in [1.29, 1.82) is 0 Å². The summed E-state index contributed by atoms with van der Waals surface area (Å²) >= 11 is 0. The van der Waals surface area contributed by atoms with Crippen LogP contribution >= 0.6 is 0 Å². The van der Waals surface area contributed by atoms with Gasteiger partial charge in [-0.2, -0.15) is 0 Å². The Kier molecular flexibility index (Phi) is 3.40. The molecule has 1 saturated carbocycles. The molecule has 108 valence electrons. The van der Waals surface area contributed by atoms with E-state index in [0.717, 1.165) is 12.8 Å². The minimum atomic E-state index is -0.686. The number of hydrogen-bond acceptors (Lipinski definition) is 2. The SMILES string of the molecule is CCC1(CC)NC(=O)C(C(C)C)N(C2(C)CC2)C1=O. The lowest BCUT2D eigenvalue weighted by molar-refractivity contribution is -0.161. The molecule has 1 saturated heterocycles. The first kappa shape index (κ1) is 14.4. The summed E-state index contributed by atoms with van der Waals surface area (Å²) in [4.78, 5) is 27.4. The zero-order chi connectivity index (χ0) is 14.4. The lowest BCUT2D eigenvalue weighted by Gasteiger charge is -2.49. The molecule has 4 heteroatoms. The normalized spacial score (nSPS) is 28.5. The van der Waals surface area contributed by atoms with Crippen molar-refractivity contribution in [2.45, 2.75) is 77.4 Å². The summed E-state index contributed by atoms with van der Waals surface area (Å²) < 4.78 is 0. The van der Waals surface area contributed by atoms with Crippen LogP contribution in [0.3, 0.4) is 0 Å². The molecule has 4 nitrogen and oxygen atoms in total. The maximum Gasteiger partial charge on any atom is 0.249 e. The molecule has 0 radical (unpaired) electrons. The smallest absolute Gasteiger partial charge is 0.249 e. The molecule has 19 heavy (non-hydrogen) atoms. The van der Waals surface area contributed by atoms with E-state index in [1.54, 1.807) is 0 Å². The van der Waals surface area contributed by atoms with E-state index in [1.807, 2.05) is 32.6 Å². The second-order valence-corrected chi connectivity index (χ2v) is 6.64. The van der Waals surface area contributed by atoms with Crippen molar-refractivity contribution in [3.8, 4) is 0 Å². The summed E-state index contributed by atoms with van der Waals surface area (Å²) in [6.07, 6.45) is 3.34. The van der Waals surface area contributed by atoms with E-state index in [2.05, 4.69) is 12.2 Å². The van der Waals surface area contributed by atoms with Gasteiger partial charge in [-0.15, -0.1) is 0 Å². The Morgan fingerprint density at radius 3 is 2.16 bits per heavy atom. The fourth-order valence-corrected chi connectivity index (χ4v) is 3.17. The third kappa shape index (κ3) is 2.05. The quantitative estimate of drug-likeness (QED) is 0.847. The van der Waals surface area contributed by atoms with E-state index in [9.17, 15) is 9.59 Å². The number of carbonyl (C=O) groups excluding carboxylic acids is 2. The van der Waals surface area contributed by atoms with Gasteiger partial charge in [0.2, 0.25) is 11.8 Å². The number of nitrogens with zero attached hydrogens (tertiary/aromatic N) is 1. The largest absolute Gasteiger partial charge is 0.340 e. The highest BCUT2D eigenvalue weighted by atomic mass is 16.2. The van der Waals surface area contributed by atoms with Crippen LogP contribution in [0.1, 0.15) is 60.3 Å². The summed E-state index contributed by atoms with van der Waals surface area (Å²) in [5, 5.41) is 3.01. The van der Waals surface area contributed by atoms with Gasteiger partial charge in [-0.3, -0.25) is 9.59 Å². The van der Waals surface area contributed by atoms with E-state index >= 15 is 0 Å². The Morgan fingerprint density at radius 2 is 1.79 bits per heavy atom. The fraction of sp³-hybridized carbons (Fsp3) is 0.867. The lowest BCUT2D eigenvalue weighted by atomic mass is 9.83. The topological polar surface area (TPSA) is 49.4 Å². The van der Waals surface area contributed by atoms with Crippen LogP contribution in [0.4, 0.5) is 0 Å². The standard InChI is InChI=1S/C15H26N2O2/c1-6-15(7-2)13(19)17(14(5)8-9-14)11(10(3)4)12(18)16-15/h10-11H,6-9H2,1-5H3,(H,16,18). The van der Waals surface area contributed by atoms with E-state index in [1.165, 1.54) is 0 Å². The molecule has 1 atom stereocenters. The second-order valence-electron chi connectivity index (χ2n) is 6.64. The maximum atomic E-state index is 13.0. The van der Waals surface area contributed by atoms with Gasteiger partial charge >= 0.3 is 0 Å². The molecular formula is C15H26N2O2. The van der Waals surface area contributed by atoms with E-state index in [-0.39, 0.29) is 29.3 Å². The number of rotatable bonds is 4. The molecule has 1 heterocycles. The zero-order valence-corrected chi connectivity index (χ0v) is 12.7. The molecule has 1 aliphatic heterocycles. The van der Waals surface area contributed by atoms with Gasteiger partial charge in [0.25, 0.3) is 0 Å². The molecule has 1 N–H and O–H groups in total. The van der Waals surface area contributed by atoms with E-state index in [4.69, 9.17) is 0 Å². The summed E-state index contributed by atoms with van der Waals surface area (Å²) in [6, 6.07) is -0.314. The van der Waals surface area contributed by atoms with Gasteiger partial charge in [-0.05, 0) is 38.5 Å². The van der Waals surface area contributed by atoms with Gasteiger partial charge < -0.3 is 10.2 Å². The molecule has 1 unspecified atom stereocenters. The molecule has 2 amide bonds. The predicted molar refractivity (Wildman–Crippen MR) is 74.6 cm³/mol. The van der Waals surface area contributed by atoms with Gasteiger partial charge in [0, 0.05) is 5.54 Å². The van der Waals surface area contributed by atoms with Crippen LogP contribution < -0.4 is 5.32 Å². The van der Waals surface area contributed by atoms with Crippen molar-refractivity contribution in [3.05, 3.63) is 0 Å². The molecule has 2 aliphatic rings. The Morgan fingerprint density at radius 1 is 1.26 bits per heavy atom. The first-order valence-corrected chi connectivity index (χ1v) is 7.47. The lowest BCUT2D eigenvalue weighted by Crippen LogP contribution is -2.73. The average Bonchev–Trinajstić information content (AvgIpc) is 3.09. The number of amides is 2. The number of nitrogens with one attached hydrogen (secondary N) is 1. The van der Waals surface area contributed by atoms with Crippen LogP contribution in [0.15, 0.2) is 0 Å². The van der Waals surface area contributed by atoms with Gasteiger partial charge in [0.1, 0.15) is 11.6 Å². The van der Waals surface area contributed by atoms with E-state index in [0.29, 0.717) is 12.8 Å². The summed E-state index contributed by atoms with van der Waals surface area (Å²) in [5.74, 6) is 0.287. The first-order valence-electron chi connectivity index (χ1n) is 7.47. The van der Waals surface area contributed by atoms with Crippen molar-refractivity contribution in [2.24, 2.45) is 5.92 Å². The van der Waals surface area contributed by atoms with Gasteiger partial charge in [-0.25, -0.2) is 0 Å². The summed E-state index contributed by atoms with van der Waals surface area (Å²) in [5.41, 5.74) is -0.784. The first-order chi connectivity index (χ1) is 8.81. The molecule has 0 aromatic carbocycles. The van der Waals surface area contributed by atoms with Crippen LogP contribution in [0.5, 0.6) is 0 Å². The number of hydrogen-bond donors (Lipinski definition) is 1. The molecule has 0 aromatic rings. The molecule has 0 aromatic heterocycles. The van der Waals surface area contributed by atoms with Crippen molar-refractivity contribution in [1.82, 2.24) is 10.2 Å². The minimum Gasteiger partial charge on any atom is -0.340 e. The van der Waals surface area contributed by atoms with Crippen LogP contribution in [0.25, 0.3) is 0 Å². The zero-order valence-electron chi connectivity index (χ0n) is 12.7. The third-order valence-electron chi connectivity index (χ3n) is 4.93. The highest BCUT2D eigenvalue weighted by Gasteiger charge is 2.58. The van der Waals surface area contributed by atoms with Gasteiger partial charge in [0.05, 0.1) is 0 Å². The highest BCUT2D eigenvalue weighted by molar-refractivity contribution is 6.00. The Bertz CT molecular complexity index is 395. The van der Waals surface area contributed by atoms with Crippen molar-refractivity contribution in [2.75, 3.05) is 0 Å². The maximum absolute atomic E-state index is 13.0.